The maximum atomic E-state index is 11.5. The molecule has 1 fully saturated rings. The molecule has 3 nitrogen and oxygen atoms in total. The van der Waals surface area contributed by atoms with Crippen molar-refractivity contribution in [2.75, 3.05) is 18.8 Å². The summed E-state index contributed by atoms with van der Waals surface area (Å²) in [6.45, 7) is 5.41. The average molecular weight is 203 g/mol. The molecule has 0 aromatic heterocycles. The van der Waals surface area contributed by atoms with Crippen molar-refractivity contribution in [2.45, 2.75) is 31.6 Å². The van der Waals surface area contributed by atoms with Crippen LogP contribution < -0.4 is 0 Å². The molecule has 0 aromatic carbocycles. The van der Waals surface area contributed by atoms with Gasteiger partial charge in [-0.15, -0.1) is 11.8 Å². The number of likely N-dealkylation sites (tertiary alicyclic amines) is 1. The van der Waals surface area contributed by atoms with Crippen molar-refractivity contribution in [3.05, 3.63) is 0 Å². The van der Waals surface area contributed by atoms with E-state index in [0.29, 0.717) is 17.5 Å². The van der Waals surface area contributed by atoms with Crippen LogP contribution in [-0.4, -0.2) is 46.1 Å². The molecular weight excluding hydrogens is 186 g/mol. The third kappa shape index (κ3) is 3.56. The maximum Gasteiger partial charge on any atom is 0.232 e. The molecule has 0 radical (unpaired) electrons. The maximum absolute atomic E-state index is 11.5. The van der Waals surface area contributed by atoms with Crippen LogP contribution in [-0.2, 0) is 4.79 Å². The lowest BCUT2D eigenvalue weighted by atomic mass is 10.3. The molecule has 1 N–H and O–H groups in total. The van der Waals surface area contributed by atoms with Crippen LogP contribution in [0.15, 0.2) is 0 Å². The van der Waals surface area contributed by atoms with Gasteiger partial charge in [-0.25, -0.2) is 0 Å². The van der Waals surface area contributed by atoms with Gasteiger partial charge in [0.15, 0.2) is 0 Å². The molecule has 1 saturated heterocycles. The van der Waals surface area contributed by atoms with Gasteiger partial charge in [0, 0.05) is 13.1 Å². The highest BCUT2D eigenvalue weighted by Crippen LogP contribution is 2.14. The van der Waals surface area contributed by atoms with E-state index >= 15 is 0 Å². The third-order valence-electron chi connectivity index (χ3n) is 2.06. The first-order valence-corrected chi connectivity index (χ1v) is 5.72. The lowest BCUT2D eigenvalue weighted by Crippen LogP contribution is -2.31. The number of hydrogen-bond acceptors (Lipinski definition) is 3. The Morgan fingerprint density at radius 2 is 2.38 bits per heavy atom. The molecule has 1 atom stereocenters. The summed E-state index contributed by atoms with van der Waals surface area (Å²) in [6, 6.07) is 0. The highest BCUT2D eigenvalue weighted by molar-refractivity contribution is 8.00. The molecule has 0 aromatic rings. The van der Waals surface area contributed by atoms with Gasteiger partial charge in [-0.05, 0) is 11.7 Å². The molecule has 1 amide bonds. The summed E-state index contributed by atoms with van der Waals surface area (Å²) in [5.41, 5.74) is 0. The molecule has 13 heavy (non-hydrogen) atoms. The van der Waals surface area contributed by atoms with Crippen molar-refractivity contribution in [1.29, 1.82) is 0 Å². The zero-order valence-corrected chi connectivity index (χ0v) is 9.01. The lowest BCUT2D eigenvalue weighted by Gasteiger charge is -2.15. The van der Waals surface area contributed by atoms with Gasteiger partial charge in [-0.2, -0.15) is 0 Å². The Balaban J connectivity index is 2.24. The second-order valence-electron chi connectivity index (χ2n) is 3.64. The smallest absolute Gasteiger partial charge is 0.232 e. The van der Waals surface area contributed by atoms with Crippen LogP contribution >= 0.6 is 11.8 Å². The van der Waals surface area contributed by atoms with Crippen LogP contribution in [0.2, 0.25) is 0 Å². The van der Waals surface area contributed by atoms with Crippen molar-refractivity contribution < 1.29 is 9.90 Å². The first-order valence-electron chi connectivity index (χ1n) is 4.67. The minimum atomic E-state index is -0.298. The van der Waals surface area contributed by atoms with E-state index in [-0.39, 0.29) is 12.0 Å². The van der Waals surface area contributed by atoms with Gasteiger partial charge in [-0.3, -0.25) is 4.79 Å². The Hall–Kier alpha value is -0.220. The van der Waals surface area contributed by atoms with Crippen LogP contribution in [0.4, 0.5) is 0 Å². The monoisotopic (exact) mass is 203 g/mol. The second kappa shape index (κ2) is 4.86. The van der Waals surface area contributed by atoms with Gasteiger partial charge in [0.2, 0.25) is 5.91 Å². The molecular formula is C9H17NO2S. The standard InChI is InChI=1S/C9H17NO2S/c1-7(2)13-6-9(12)10-4-3-8(11)5-10/h7-8,11H,3-6H2,1-2H3/t8-/m1/s1. The van der Waals surface area contributed by atoms with Crippen LogP contribution in [0.25, 0.3) is 0 Å². The normalized spacial score (nSPS) is 22.8. The van der Waals surface area contributed by atoms with E-state index in [2.05, 4.69) is 13.8 Å². The lowest BCUT2D eigenvalue weighted by molar-refractivity contribution is -0.127. The van der Waals surface area contributed by atoms with Crippen LogP contribution in [0, 0.1) is 0 Å². The highest BCUT2D eigenvalue weighted by atomic mass is 32.2. The van der Waals surface area contributed by atoms with Gasteiger partial charge >= 0.3 is 0 Å². The first-order chi connectivity index (χ1) is 6.09. The molecule has 0 aliphatic carbocycles. The fourth-order valence-corrected chi connectivity index (χ4v) is 1.96. The molecule has 1 heterocycles. The van der Waals surface area contributed by atoms with Gasteiger partial charge < -0.3 is 10.0 Å². The third-order valence-corrected chi connectivity index (χ3v) is 3.14. The topological polar surface area (TPSA) is 40.5 Å². The summed E-state index contributed by atoms with van der Waals surface area (Å²) in [7, 11) is 0. The van der Waals surface area contributed by atoms with E-state index in [9.17, 15) is 9.90 Å². The van der Waals surface area contributed by atoms with Gasteiger partial charge in [0.1, 0.15) is 0 Å². The van der Waals surface area contributed by atoms with Crippen LogP contribution in [0.1, 0.15) is 20.3 Å². The molecule has 0 unspecified atom stereocenters. The molecule has 0 spiro atoms. The number of carbonyl (C=O) groups is 1. The van der Waals surface area contributed by atoms with E-state index < -0.39 is 0 Å². The molecule has 76 valence electrons. The summed E-state index contributed by atoms with van der Waals surface area (Å²) < 4.78 is 0. The zero-order chi connectivity index (χ0) is 9.84. The number of thioether (sulfide) groups is 1. The van der Waals surface area contributed by atoms with E-state index in [1.54, 1.807) is 16.7 Å². The SMILES string of the molecule is CC(C)SCC(=O)N1CC[C@@H](O)C1. The molecule has 1 aliphatic heterocycles. The largest absolute Gasteiger partial charge is 0.391 e. The zero-order valence-electron chi connectivity index (χ0n) is 8.19. The van der Waals surface area contributed by atoms with Crippen molar-refractivity contribution >= 4 is 17.7 Å². The number of nitrogens with zero attached hydrogens (tertiary/aromatic N) is 1. The predicted molar refractivity (Wildman–Crippen MR) is 54.8 cm³/mol. The fraction of sp³-hybridized carbons (Fsp3) is 0.889. The highest BCUT2D eigenvalue weighted by Gasteiger charge is 2.24. The van der Waals surface area contributed by atoms with E-state index in [1.807, 2.05) is 0 Å². The Kier molecular flexibility index (Phi) is 4.06. The van der Waals surface area contributed by atoms with Crippen LogP contribution in [0.5, 0.6) is 0 Å². The number of β-amino-alcohol motifs (C(OH)–C–C–N with tert-alkyl or cyclic N) is 1. The van der Waals surface area contributed by atoms with Gasteiger partial charge in [0.25, 0.3) is 0 Å². The summed E-state index contributed by atoms with van der Waals surface area (Å²) in [5.74, 6) is 0.708. The number of hydrogen-bond donors (Lipinski definition) is 1. The Labute approximate surface area is 83.5 Å². The summed E-state index contributed by atoms with van der Waals surface area (Å²) in [5, 5.41) is 9.72. The fourth-order valence-electron chi connectivity index (χ4n) is 1.30. The van der Waals surface area contributed by atoms with Crippen molar-refractivity contribution in [3.63, 3.8) is 0 Å². The van der Waals surface area contributed by atoms with E-state index in [4.69, 9.17) is 0 Å². The molecule has 4 heteroatoms. The van der Waals surface area contributed by atoms with E-state index in [0.717, 1.165) is 13.0 Å². The van der Waals surface area contributed by atoms with Crippen molar-refractivity contribution in [1.82, 2.24) is 4.90 Å². The Morgan fingerprint density at radius 3 is 2.85 bits per heavy atom. The predicted octanol–water partition coefficient (Wildman–Crippen LogP) is 0.721. The minimum absolute atomic E-state index is 0.162. The number of carbonyl (C=O) groups excluding carboxylic acids is 1. The van der Waals surface area contributed by atoms with Crippen molar-refractivity contribution in [2.24, 2.45) is 0 Å². The quantitative estimate of drug-likeness (QED) is 0.735. The van der Waals surface area contributed by atoms with Crippen LogP contribution in [0.3, 0.4) is 0 Å². The summed E-state index contributed by atoms with van der Waals surface area (Å²) in [6.07, 6.45) is 0.436. The second-order valence-corrected chi connectivity index (χ2v) is 5.21. The number of rotatable bonds is 3. The first kappa shape index (κ1) is 10.9. The Bertz CT molecular complexity index is 184. The molecule has 0 saturated carbocycles. The number of aliphatic hydroxyl groups is 1. The van der Waals surface area contributed by atoms with E-state index in [1.165, 1.54) is 0 Å². The van der Waals surface area contributed by atoms with Gasteiger partial charge in [0.05, 0.1) is 11.9 Å². The average Bonchev–Trinajstić information content (AvgIpc) is 2.47. The molecule has 0 bridgehead atoms. The number of aliphatic hydroxyl groups excluding tert-OH is 1. The summed E-state index contributed by atoms with van der Waals surface area (Å²) in [4.78, 5) is 13.2. The summed E-state index contributed by atoms with van der Waals surface area (Å²) >= 11 is 1.65. The minimum Gasteiger partial charge on any atom is -0.391 e. The number of amides is 1. The Morgan fingerprint density at radius 1 is 1.69 bits per heavy atom. The van der Waals surface area contributed by atoms with Gasteiger partial charge in [-0.1, -0.05) is 13.8 Å². The molecule has 1 rings (SSSR count). The molecule has 1 aliphatic rings. The van der Waals surface area contributed by atoms with Crippen molar-refractivity contribution in [3.8, 4) is 0 Å².